The number of benzene rings is 1. The van der Waals surface area contributed by atoms with Crippen LogP contribution < -0.4 is 5.56 Å². The van der Waals surface area contributed by atoms with Crippen LogP contribution in [-0.2, 0) is 13.5 Å². The first-order valence-electron chi connectivity index (χ1n) is 11.1. The third-order valence-corrected chi connectivity index (χ3v) is 7.78. The molecule has 1 saturated heterocycles. The first kappa shape index (κ1) is 20.9. The zero-order valence-electron chi connectivity index (χ0n) is 18.9. The van der Waals surface area contributed by atoms with Crippen LogP contribution in [0.4, 0.5) is 0 Å². The number of thiophene rings is 1. The molecule has 32 heavy (non-hydrogen) atoms. The van der Waals surface area contributed by atoms with Gasteiger partial charge < -0.3 is 9.47 Å². The fourth-order valence-electron chi connectivity index (χ4n) is 4.86. The Labute approximate surface area is 190 Å². The van der Waals surface area contributed by atoms with Crippen molar-refractivity contribution in [3.8, 4) is 0 Å². The molecule has 166 valence electrons. The highest BCUT2D eigenvalue weighted by molar-refractivity contribution is 7.18. The number of likely N-dealkylation sites (tertiary alicyclic amines) is 1. The summed E-state index contributed by atoms with van der Waals surface area (Å²) < 4.78 is 3.77. The Morgan fingerprint density at radius 2 is 2.09 bits per heavy atom. The van der Waals surface area contributed by atoms with Gasteiger partial charge in [0.1, 0.15) is 10.7 Å². The van der Waals surface area contributed by atoms with Gasteiger partial charge in [-0.3, -0.25) is 14.2 Å². The Kier molecular flexibility index (Phi) is 5.12. The van der Waals surface area contributed by atoms with Gasteiger partial charge in [-0.2, -0.15) is 0 Å². The van der Waals surface area contributed by atoms with E-state index in [-0.39, 0.29) is 17.5 Å². The van der Waals surface area contributed by atoms with Gasteiger partial charge in [0.25, 0.3) is 11.5 Å². The Bertz CT molecular complexity index is 1410. The number of aryl methyl sites for hydroxylation is 4. The number of hydrogen-bond donors (Lipinski definition) is 0. The molecule has 1 atom stereocenters. The van der Waals surface area contributed by atoms with E-state index in [9.17, 15) is 9.59 Å². The Balaban J connectivity index is 1.45. The lowest BCUT2D eigenvalue weighted by Crippen LogP contribution is -2.43. The predicted octanol–water partition coefficient (Wildman–Crippen LogP) is 4.00. The third kappa shape index (κ3) is 3.24. The van der Waals surface area contributed by atoms with Gasteiger partial charge in [0.2, 0.25) is 0 Å². The normalized spacial score (nSPS) is 16.9. The molecule has 1 amide bonds. The van der Waals surface area contributed by atoms with Crippen LogP contribution in [0.2, 0.25) is 0 Å². The third-order valence-electron chi connectivity index (χ3n) is 6.72. The van der Waals surface area contributed by atoms with E-state index < -0.39 is 0 Å². The summed E-state index contributed by atoms with van der Waals surface area (Å²) in [5.41, 5.74) is 3.59. The maximum absolute atomic E-state index is 13.4. The van der Waals surface area contributed by atoms with Gasteiger partial charge in [0.05, 0.1) is 28.8 Å². The number of carbonyl (C=O) groups is 1. The number of imidazole rings is 1. The molecular formula is C24H27N5O2S. The lowest BCUT2D eigenvalue weighted by Gasteiger charge is -2.33. The van der Waals surface area contributed by atoms with Crippen LogP contribution in [0.1, 0.15) is 52.4 Å². The average Bonchev–Trinajstić information content (AvgIpc) is 3.28. The Morgan fingerprint density at radius 3 is 2.88 bits per heavy atom. The van der Waals surface area contributed by atoms with Crippen LogP contribution in [-0.4, -0.2) is 43.0 Å². The molecule has 4 aromatic rings. The molecule has 3 aromatic heterocycles. The van der Waals surface area contributed by atoms with Crippen molar-refractivity contribution in [2.45, 2.75) is 46.1 Å². The van der Waals surface area contributed by atoms with Crippen molar-refractivity contribution in [2.24, 2.45) is 7.05 Å². The van der Waals surface area contributed by atoms with Gasteiger partial charge in [-0.25, -0.2) is 9.97 Å². The molecule has 7 nitrogen and oxygen atoms in total. The predicted molar refractivity (Wildman–Crippen MR) is 128 cm³/mol. The maximum atomic E-state index is 13.4. The van der Waals surface area contributed by atoms with Crippen molar-refractivity contribution in [2.75, 3.05) is 13.1 Å². The van der Waals surface area contributed by atoms with Gasteiger partial charge in [-0.05, 0) is 56.9 Å². The summed E-state index contributed by atoms with van der Waals surface area (Å²) in [5.74, 6) is 0.905. The molecule has 0 bridgehead atoms. The van der Waals surface area contributed by atoms with Crippen LogP contribution >= 0.6 is 11.3 Å². The number of aromatic nitrogens is 4. The Hall–Kier alpha value is -3.00. The minimum absolute atomic E-state index is 0.0115. The van der Waals surface area contributed by atoms with Crippen molar-refractivity contribution < 1.29 is 4.79 Å². The van der Waals surface area contributed by atoms with E-state index in [4.69, 9.17) is 0 Å². The monoisotopic (exact) mass is 449 g/mol. The zero-order chi connectivity index (χ0) is 22.6. The first-order valence-corrected chi connectivity index (χ1v) is 11.9. The van der Waals surface area contributed by atoms with Gasteiger partial charge in [0, 0.05) is 30.6 Å². The quantitative estimate of drug-likeness (QED) is 0.474. The van der Waals surface area contributed by atoms with Gasteiger partial charge in [-0.1, -0.05) is 6.92 Å². The minimum Gasteiger partial charge on any atom is -0.337 e. The number of amides is 1. The van der Waals surface area contributed by atoms with Crippen LogP contribution in [0.15, 0.2) is 29.3 Å². The van der Waals surface area contributed by atoms with E-state index in [1.54, 1.807) is 22.2 Å². The van der Waals surface area contributed by atoms with E-state index in [1.807, 2.05) is 41.6 Å². The number of hydrogen-bond acceptors (Lipinski definition) is 5. The highest BCUT2D eigenvalue weighted by Gasteiger charge is 2.27. The van der Waals surface area contributed by atoms with Gasteiger partial charge in [0.15, 0.2) is 0 Å². The summed E-state index contributed by atoms with van der Waals surface area (Å²) in [7, 11) is 1.98. The number of rotatable bonds is 3. The van der Waals surface area contributed by atoms with E-state index in [0.29, 0.717) is 18.7 Å². The first-order chi connectivity index (χ1) is 15.4. The summed E-state index contributed by atoms with van der Waals surface area (Å²) in [6.07, 6.45) is 4.20. The second kappa shape index (κ2) is 7.85. The molecular weight excluding hydrogens is 422 g/mol. The summed E-state index contributed by atoms with van der Waals surface area (Å²) in [4.78, 5) is 39.6. The van der Waals surface area contributed by atoms with Gasteiger partial charge in [-0.15, -0.1) is 11.3 Å². The van der Waals surface area contributed by atoms with Crippen molar-refractivity contribution >= 4 is 38.5 Å². The molecule has 4 heterocycles. The number of carbonyl (C=O) groups excluding carboxylic acids is 1. The topological polar surface area (TPSA) is 73.0 Å². The maximum Gasteiger partial charge on any atom is 0.262 e. The van der Waals surface area contributed by atoms with Gasteiger partial charge >= 0.3 is 0 Å². The molecule has 0 N–H and O–H groups in total. The van der Waals surface area contributed by atoms with Crippen LogP contribution in [0.3, 0.4) is 0 Å². The Morgan fingerprint density at radius 1 is 1.28 bits per heavy atom. The highest BCUT2D eigenvalue weighted by Crippen LogP contribution is 2.29. The molecule has 5 rings (SSSR count). The highest BCUT2D eigenvalue weighted by atomic mass is 32.1. The molecule has 0 saturated carbocycles. The summed E-state index contributed by atoms with van der Waals surface area (Å²) >= 11 is 1.58. The van der Waals surface area contributed by atoms with Crippen LogP contribution in [0.25, 0.3) is 21.3 Å². The van der Waals surface area contributed by atoms with E-state index in [1.165, 1.54) is 0 Å². The molecule has 1 fully saturated rings. The number of fused-ring (bicyclic) bond motifs is 2. The van der Waals surface area contributed by atoms with E-state index in [0.717, 1.165) is 56.8 Å². The zero-order valence-corrected chi connectivity index (χ0v) is 19.7. The fraction of sp³-hybridized carbons (Fsp3) is 0.417. The fourth-order valence-corrected chi connectivity index (χ4v) is 5.93. The molecule has 1 aliphatic heterocycles. The smallest absolute Gasteiger partial charge is 0.262 e. The average molecular weight is 450 g/mol. The summed E-state index contributed by atoms with van der Waals surface area (Å²) in [5, 5.41) is 0.747. The van der Waals surface area contributed by atoms with Crippen molar-refractivity contribution in [3.05, 3.63) is 56.7 Å². The molecule has 0 unspecified atom stereocenters. The SMILES string of the molecule is CCc1c(C)sc2ncn([C@@H]3CCCN(C(=O)c4ccc5c(c4)nc(C)n5C)C3)c(=O)c12. The molecule has 8 heteroatoms. The van der Waals surface area contributed by atoms with E-state index in [2.05, 4.69) is 23.8 Å². The molecule has 0 aliphatic carbocycles. The summed E-state index contributed by atoms with van der Waals surface area (Å²) in [6, 6.07) is 5.63. The lowest BCUT2D eigenvalue weighted by atomic mass is 10.0. The molecule has 1 aliphatic rings. The van der Waals surface area contributed by atoms with Crippen molar-refractivity contribution in [1.29, 1.82) is 0 Å². The second-order valence-corrected chi connectivity index (χ2v) is 9.80. The molecule has 1 aromatic carbocycles. The largest absolute Gasteiger partial charge is 0.337 e. The van der Waals surface area contributed by atoms with Crippen molar-refractivity contribution in [3.63, 3.8) is 0 Å². The van der Waals surface area contributed by atoms with Crippen LogP contribution in [0.5, 0.6) is 0 Å². The second-order valence-electron chi connectivity index (χ2n) is 8.60. The minimum atomic E-state index is -0.0668. The van der Waals surface area contributed by atoms with E-state index >= 15 is 0 Å². The van der Waals surface area contributed by atoms with Crippen molar-refractivity contribution in [1.82, 2.24) is 24.0 Å². The lowest BCUT2D eigenvalue weighted by molar-refractivity contribution is 0.0677. The molecule has 0 spiro atoms. The van der Waals surface area contributed by atoms with Crippen LogP contribution in [0, 0.1) is 13.8 Å². The summed E-state index contributed by atoms with van der Waals surface area (Å²) in [6.45, 7) is 7.28. The molecule has 0 radical (unpaired) electrons. The number of nitrogens with zero attached hydrogens (tertiary/aromatic N) is 5. The number of piperidine rings is 1. The standard InChI is InChI=1S/C24H27N5O2S/c1-5-18-14(2)32-22-21(18)24(31)29(13-25-22)17-7-6-10-28(12-17)23(30)16-8-9-20-19(11-16)26-15(3)27(20)4/h8-9,11,13,17H,5-7,10,12H2,1-4H3/t17-/m1/s1.